The Hall–Kier alpha value is -1.98. The van der Waals surface area contributed by atoms with Crippen molar-refractivity contribution in [3.05, 3.63) is 22.7 Å². The summed E-state index contributed by atoms with van der Waals surface area (Å²) in [5.74, 6) is -1.02. The van der Waals surface area contributed by atoms with Crippen LogP contribution in [0, 0.1) is 5.82 Å². The number of β-amino-alcohol motifs (C(OH)–C–C–N with tert-alkyl or cyclic N) is 1. The zero-order chi connectivity index (χ0) is 26.8. The number of aliphatic hydroxyl groups is 1. The van der Waals surface area contributed by atoms with E-state index in [1.807, 2.05) is 4.90 Å². The normalized spacial score (nSPS) is 19.4. The molecule has 0 bridgehead atoms. The highest BCUT2D eigenvalue weighted by Crippen LogP contribution is 2.41. The second kappa shape index (κ2) is 11.4. The summed E-state index contributed by atoms with van der Waals surface area (Å²) in [6, 6.07) is -0.208. The molecule has 0 aromatic carbocycles. The molecule has 2 aliphatic rings. The minimum Gasteiger partial charge on any atom is -0.395 e. The number of hydrogen-bond acceptors (Lipinski definition) is 10. The van der Waals surface area contributed by atoms with Crippen molar-refractivity contribution in [2.24, 2.45) is 0 Å². The molecule has 4 rings (SSSR count). The molecule has 0 radical (unpaired) electrons. The first kappa shape index (κ1) is 28.0. The standard InChI is InChI=1S/C21H29F4N7O3S2/c1-37(34,35)32-4-2-14(3-5-32)27-20-26-12-15(22)17(29-20)18-19(21(23,24)25)28-16(36-18)13-31-8-6-30(7-9-31)10-11-33/h12,14,33H,2-11,13H2,1H3,(H,26,27,29). The Balaban J connectivity index is 1.51. The molecule has 10 nitrogen and oxygen atoms in total. The van der Waals surface area contributed by atoms with Crippen molar-refractivity contribution in [3.8, 4) is 10.6 Å². The van der Waals surface area contributed by atoms with Crippen LogP contribution < -0.4 is 5.32 Å². The molecule has 2 N–H and O–H groups in total. The molecule has 2 aromatic heterocycles. The molecule has 206 valence electrons. The topological polar surface area (TPSA) is 115 Å². The molecular weight excluding hydrogens is 538 g/mol. The number of aromatic nitrogens is 3. The van der Waals surface area contributed by atoms with Crippen LogP contribution in [0.5, 0.6) is 0 Å². The van der Waals surface area contributed by atoms with E-state index in [1.54, 1.807) is 0 Å². The maximum absolute atomic E-state index is 14.7. The average Bonchev–Trinajstić information content (AvgIpc) is 3.26. The van der Waals surface area contributed by atoms with Crippen LogP contribution in [-0.2, 0) is 22.7 Å². The molecule has 16 heteroatoms. The molecule has 2 aliphatic heterocycles. The van der Waals surface area contributed by atoms with Gasteiger partial charge in [0.25, 0.3) is 0 Å². The van der Waals surface area contributed by atoms with E-state index in [4.69, 9.17) is 5.11 Å². The maximum Gasteiger partial charge on any atom is 0.434 e. The van der Waals surface area contributed by atoms with Gasteiger partial charge in [-0.2, -0.15) is 13.2 Å². The van der Waals surface area contributed by atoms with Crippen LogP contribution in [0.4, 0.5) is 23.5 Å². The van der Waals surface area contributed by atoms with Crippen molar-refractivity contribution in [3.63, 3.8) is 0 Å². The number of anilines is 1. The van der Waals surface area contributed by atoms with Gasteiger partial charge in [-0.25, -0.2) is 32.1 Å². The predicted molar refractivity (Wildman–Crippen MR) is 130 cm³/mol. The Morgan fingerprint density at radius 2 is 1.76 bits per heavy atom. The zero-order valence-electron chi connectivity index (χ0n) is 20.2. The number of piperidine rings is 1. The fourth-order valence-corrected chi connectivity index (χ4v) is 6.39. The molecule has 0 spiro atoms. The van der Waals surface area contributed by atoms with Gasteiger partial charge in [0.2, 0.25) is 16.0 Å². The third kappa shape index (κ3) is 7.11. The summed E-state index contributed by atoms with van der Waals surface area (Å²) >= 11 is 0.758. The molecule has 0 aliphatic carbocycles. The van der Waals surface area contributed by atoms with Crippen molar-refractivity contribution < 1.29 is 31.1 Å². The third-order valence-corrected chi connectivity index (χ3v) is 8.75. The molecule has 0 atom stereocenters. The first-order valence-corrected chi connectivity index (χ1v) is 14.5. The van der Waals surface area contributed by atoms with Crippen molar-refractivity contribution in [2.75, 3.05) is 64.0 Å². The lowest BCUT2D eigenvalue weighted by molar-refractivity contribution is -0.140. The number of sulfonamides is 1. The summed E-state index contributed by atoms with van der Waals surface area (Å²) < 4.78 is 81.1. The largest absolute Gasteiger partial charge is 0.434 e. The number of halogens is 4. The Bertz CT molecular complexity index is 1180. The summed E-state index contributed by atoms with van der Waals surface area (Å²) in [4.78, 5) is 15.4. The zero-order valence-corrected chi connectivity index (χ0v) is 21.8. The molecule has 2 fully saturated rings. The van der Waals surface area contributed by atoms with Gasteiger partial charge >= 0.3 is 6.18 Å². The molecule has 0 unspecified atom stereocenters. The number of alkyl halides is 3. The smallest absolute Gasteiger partial charge is 0.395 e. The number of aliphatic hydroxyl groups excluding tert-OH is 1. The van der Waals surface area contributed by atoms with Crippen LogP contribution in [-0.4, -0.2) is 107 Å². The predicted octanol–water partition coefficient (Wildman–Crippen LogP) is 1.70. The van der Waals surface area contributed by atoms with Gasteiger partial charge in [0, 0.05) is 51.9 Å². The van der Waals surface area contributed by atoms with Gasteiger partial charge in [-0.3, -0.25) is 9.80 Å². The number of thiazole rings is 1. The van der Waals surface area contributed by atoms with Crippen molar-refractivity contribution >= 4 is 27.3 Å². The fourth-order valence-electron chi connectivity index (χ4n) is 4.40. The summed E-state index contributed by atoms with van der Waals surface area (Å²) in [6.45, 7) is 3.96. The molecular formula is C21H29F4N7O3S2. The van der Waals surface area contributed by atoms with Crippen LogP contribution >= 0.6 is 11.3 Å². The van der Waals surface area contributed by atoms with Gasteiger partial charge in [0.05, 0.1) is 30.5 Å². The van der Waals surface area contributed by atoms with E-state index in [0.717, 1.165) is 23.8 Å². The molecule has 2 saturated heterocycles. The van der Waals surface area contributed by atoms with E-state index in [2.05, 4.69) is 25.2 Å². The number of nitrogens with one attached hydrogen (secondary N) is 1. The SMILES string of the molecule is CS(=O)(=O)N1CCC(Nc2ncc(F)c(-c3sc(CN4CCN(CCO)CC4)nc3C(F)(F)F)n2)CC1. The monoisotopic (exact) mass is 567 g/mol. The second-order valence-corrected chi connectivity index (χ2v) is 12.2. The summed E-state index contributed by atoms with van der Waals surface area (Å²) in [5, 5.41) is 12.3. The van der Waals surface area contributed by atoms with Gasteiger partial charge in [-0.15, -0.1) is 11.3 Å². The first-order valence-electron chi connectivity index (χ1n) is 11.8. The van der Waals surface area contributed by atoms with E-state index < -0.39 is 38.3 Å². The quantitative estimate of drug-likeness (QED) is 0.460. The van der Waals surface area contributed by atoms with Crippen molar-refractivity contribution in [2.45, 2.75) is 31.6 Å². The lowest BCUT2D eigenvalue weighted by Gasteiger charge is -2.33. The lowest BCUT2D eigenvalue weighted by Crippen LogP contribution is -2.46. The minimum absolute atomic E-state index is 0.0303. The van der Waals surface area contributed by atoms with Gasteiger partial charge < -0.3 is 10.4 Å². The Kier molecular flexibility index (Phi) is 8.65. The minimum atomic E-state index is -4.80. The fraction of sp³-hybridized carbons (Fsp3) is 0.667. The molecule has 2 aromatic rings. The molecule has 4 heterocycles. The highest BCUT2D eigenvalue weighted by atomic mass is 32.2. The van der Waals surface area contributed by atoms with Crippen LogP contribution in [0.3, 0.4) is 0 Å². The van der Waals surface area contributed by atoms with E-state index in [0.29, 0.717) is 45.6 Å². The maximum atomic E-state index is 14.7. The van der Waals surface area contributed by atoms with Gasteiger partial charge in [0.15, 0.2) is 11.5 Å². The van der Waals surface area contributed by atoms with Gasteiger partial charge in [0.1, 0.15) is 10.7 Å². The van der Waals surface area contributed by atoms with Gasteiger partial charge in [-0.05, 0) is 12.8 Å². The summed E-state index contributed by atoms with van der Waals surface area (Å²) in [7, 11) is -3.31. The van der Waals surface area contributed by atoms with Gasteiger partial charge in [-0.1, -0.05) is 0 Å². The van der Waals surface area contributed by atoms with Crippen molar-refractivity contribution in [1.82, 2.24) is 29.1 Å². The van der Waals surface area contributed by atoms with E-state index in [-0.39, 0.29) is 43.2 Å². The number of piperazine rings is 1. The van der Waals surface area contributed by atoms with Crippen LogP contribution in [0.15, 0.2) is 6.20 Å². The Labute approximate surface area is 216 Å². The number of hydrogen-bond donors (Lipinski definition) is 2. The van der Waals surface area contributed by atoms with Crippen LogP contribution in [0.1, 0.15) is 23.5 Å². The Morgan fingerprint density at radius 1 is 1.11 bits per heavy atom. The van der Waals surface area contributed by atoms with E-state index >= 15 is 0 Å². The Morgan fingerprint density at radius 3 is 2.35 bits per heavy atom. The average molecular weight is 568 g/mol. The second-order valence-electron chi connectivity index (χ2n) is 9.10. The molecule has 0 amide bonds. The third-order valence-electron chi connectivity index (χ3n) is 6.40. The number of rotatable bonds is 8. The summed E-state index contributed by atoms with van der Waals surface area (Å²) in [5.41, 5.74) is -1.66. The van der Waals surface area contributed by atoms with E-state index in [1.165, 1.54) is 4.31 Å². The van der Waals surface area contributed by atoms with E-state index in [9.17, 15) is 26.0 Å². The highest BCUT2D eigenvalue weighted by molar-refractivity contribution is 7.88. The number of nitrogens with zero attached hydrogens (tertiary/aromatic N) is 6. The highest BCUT2D eigenvalue weighted by Gasteiger charge is 2.39. The van der Waals surface area contributed by atoms with Crippen LogP contribution in [0.25, 0.3) is 10.6 Å². The summed E-state index contributed by atoms with van der Waals surface area (Å²) in [6.07, 6.45) is -1.93. The molecule has 37 heavy (non-hydrogen) atoms. The van der Waals surface area contributed by atoms with Crippen molar-refractivity contribution in [1.29, 1.82) is 0 Å². The first-order chi connectivity index (χ1) is 17.4. The lowest BCUT2D eigenvalue weighted by atomic mass is 10.1. The van der Waals surface area contributed by atoms with Crippen LogP contribution in [0.2, 0.25) is 0 Å². The molecule has 0 saturated carbocycles.